The predicted octanol–water partition coefficient (Wildman–Crippen LogP) is 3.05. The molecule has 134 valence electrons. The average molecular weight is 320 g/mol. The Morgan fingerprint density at radius 3 is 1.41 bits per heavy atom. The summed E-state index contributed by atoms with van der Waals surface area (Å²) in [6.45, 7) is 16.0. The summed E-state index contributed by atoms with van der Waals surface area (Å²) in [6.07, 6.45) is 1.35. The molecule has 5 heteroatoms. The summed E-state index contributed by atoms with van der Waals surface area (Å²) in [5.74, 6) is 0. The molecule has 0 aliphatic rings. The van der Waals surface area contributed by atoms with E-state index in [1.54, 1.807) is 0 Å². The van der Waals surface area contributed by atoms with Crippen molar-refractivity contribution in [2.24, 2.45) is 0 Å². The van der Waals surface area contributed by atoms with Crippen molar-refractivity contribution in [3.05, 3.63) is 0 Å². The van der Waals surface area contributed by atoms with Gasteiger partial charge >= 0.3 is 0 Å². The van der Waals surface area contributed by atoms with Crippen molar-refractivity contribution < 1.29 is 23.7 Å². The van der Waals surface area contributed by atoms with Gasteiger partial charge in [-0.2, -0.15) is 0 Å². The van der Waals surface area contributed by atoms with Gasteiger partial charge in [-0.25, -0.2) is 0 Å². The van der Waals surface area contributed by atoms with Gasteiger partial charge in [0.25, 0.3) is 0 Å². The van der Waals surface area contributed by atoms with Crippen LogP contribution in [-0.2, 0) is 23.7 Å². The summed E-state index contributed by atoms with van der Waals surface area (Å²) < 4.78 is 28.0. The Morgan fingerprint density at radius 1 is 0.591 bits per heavy atom. The van der Waals surface area contributed by atoms with Gasteiger partial charge < -0.3 is 23.7 Å². The highest BCUT2D eigenvalue weighted by atomic mass is 16.6. The fraction of sp³-hybridized carbons (Fsp3) is 1.00. The monoisotopic (exact) mass is 320 g/mol. The van der Waals surface area contributed by atoms with Crippen LogP contribution in [0.25, 0.3) is 0 Å². The van der Waals surface area contributed by atoms with Gasteiger partial charge in [-0.3, -0.25) is 0 Å². The molecule has 4 unspecified atom stereocenters. The van der Waals surface area contributed by atoms with E-state index in [1.807, 2.05) is 34.6 Å². The quantitative estimate of drug-likeness (QED) is 0.434. The molecule has 0 N–H and O–H groups in total. The first-order valence-corrected chi connectivity index (χ1v) is 8.53. The Bertz CT molecular complexity index is 237. The van der Waals surface area contributed by atoms with Crippen molar-refractivity contribution in [1.29, 1.82) is 0 Å². The highest BCUT2D eigenvalue weighted by Gasteiger charge is 2.11. The molecule has 0 aliphatic heterocycles. The first-order chi connectivity index (χ1) is 10.5. The Balaban J connectivity index is 3.60. The smallest absolute Gasteiger partial charge is 0.0781 e. The van der Waals surface area contributed by atoms with Crippen molar-refractivity contribution in [3.63, 3.8) is 0 Å². The van der Waals surface area contributed by atoms with E-state index in [0.717, 1.165) is 13.0 Å². The van der Waals surface area contributed by atoms with Crippen LogP contribution in [0.2, 0.25) is 0 Å². The van der Waals surface area contributed by atoms with E-state index in [-0.39, 0.29) is 24.4 Å². The number of hydrogen-bond acceptors (Lipinski definition) is 5. The topological polar surface area (TPSA) is 46.2 Å². The van der Waals surface area contributed by atoms with Crippen molar-refractivity contribution in [2.75, 3.05) is 39.6 Å². The predicted molar refractivity (Wildman–Crippen MR) is 88.4 cm³/mol. The molecule has 0 radical (unpaired) electrons. The van der Waals surface area contributed by atoms with Crippen LogP contribution in [0, 0.1) is 0 Å². The van der Waals surface area contributed by atoms with Gasteiger partial charge in [0.05, 0.1) is 50.8 Å². The van der Waals surface area contributed by atoms with E-state index < -0.39 is 0 Å². The minimum Gasteiger partial charge on any atom is -0.379 e. The van der Waals surface area contributed by atoms with Gasteiger partial charge in [-0.05, 0) is 41.0 Å². The fourth-order valence-corrected chi connectivity index (χ4v) is 1.77. The third kappa shape index (κ3) is 13.5. The van der Waals surface area contributed by atoms with Crippen molar-refractivity contribution in [3.8, 4) is 0 Å². The second-order valence-electron chi connectivity index (χ2n) is 5.77. The highest BCUT2D eigenvalue weighted by molar-refractivity contribution is 4.56. The van der Waals surface area contributed by atoms with Crippen LogP contribution in [0.5, 0.6) is 0 Å². The van der Waals surface area contributed by atoms with Gasteiger partial charge in [0.1, 0.15) is 0 Å². The molecule has 0 heterocycles. The van der Waals surface area contributed by atoms with Crippen LogP contribution in [0.3, 0.4) is 0 Å². The first-order valence-electron chi connectivity index (χ1n) is 8.53. The molecule has 0 saturated carbocycles. The average Bonchev–Trinajstić information content (AvgIpc) is 2.49. The molecule has 0 amide bonds. The van der Waals surface area contributed by atoms with E-state index in [9.17, 15) is 0 Å². The van der Waals surface area contributed by atoms with Gasteiger partial charge in [0.2, 0.25) is 0 Å². The zero-order valence-corrected chi connectivity index (χ0v) is 15.3. The Kier molecular flexibility index (Phi) is 14.3. The standard InChI is InChI=1S/C17H36O5/c1-7-9-18-10-14(3)20-12-16(5)22-13-17(6)21-11-15(4)19-8-2/h14-17H,7-13H2,1-6H3. The van der Waals surface area contributed by atoms with E-state index in [2.05, 4.69) is 6.92 Å². The van der Waals surface area contributed by atoms with Gasteiger partial charge in [0.15, 0.2) is 0 Å². The molecule has 0 aliphatic carbocycles. The van der Waals surface area contributed by atoms with Crippen molar-refractivity contribution >= 4 is 0 Å². The molecule has 0 bridgehead atoms. The van der Waals surface area contributed by atoms with E-state index in [0.29, 0.717) is 33.0 Å². The van der Waals surface area contributed by atoms with Gasteiger partial charge in [-0.15, -0.1) is 0 Å². The number of ether oxygens (including phenoxy) is 5. The van der Waals surface area contributed by atoms with Crippen LogP contribution in [0.1, 0.15) is 48.0 Å². The molecular weight excluding hydrogens is 284 g/mol. The van der Waals surface area contributed by atoms with Crippen LogP contribution in [0.15, 0.2) is 0 Å². The zero-order valence-electron chi connectivity index (χ0n) is 15.3. The van der Waals surface area contributed by atoms with Crippen molar-refractivity contribution in [2.45, 2.75) is 72.4 Å². The number of hydrogen-bond donors (Lipinski definition) is 0. The summed E-state index contributed by atoms with van der Waals surface area (Å²) in [4.78, 5) is 0. The Labute approximate surface area is 136 Å². The summed E-state index contributed by atoms with van der Waals surface area (Å²) in [5.41, 5.74) is 0. The molecule has 0 aromatic rings. The SMILES string of the molecule is CCCOCC(C)OCC(C)OCC(C)OCC(C)OCC. The van der Waals surface area contributed by atoms with E-state index >= 15 is 0 Å². The molecule has 5 nitrogen and oxygen atoms in total. The minimum absolute atomic E-state index is 0.0454. The van der Waals surface area contributed by atoms with E-state index in [1.165, 1.54) is 0 Å². The summed E-state index contributed by atoms with van der Waals surface area (Å²) in [5, 5.41) is 0. The molecule has 0 rings (SSSR count). The Hall–Kier alpha value is -0.200. The second-order valence-corrected chi connectivity index (χ2v) is 5.77. The van der Waals surface area contributed by atoms with Crippen molar-refractivity contribution in [1.82, 2.24) is 0 Å². The Morgan fingerprint density at radius 2 is 1.00 bits per heavy atom. The largest absolute Gasteiger partial charge is 0.379 e. The molecule has 0 aromatic heterocycles. The first kappa shape index (κ1) is 21.8. The molecule has 0 fully saturated rings. The number of rotatable bonds is 15. The maximum Gasteiger partial charge on any atom is 0.0781 e. The lowest BCUT2D eigenvalue weighted by atomic mass is 10.3. The van der Waals surface area contributed by atoms with Gasteiger partial charge in [0, 0.05) is 13.2 Å². The van der Waals surface area contributed by atoms with E-state index in [4.69, 9.17) is 23.7 Å². The van der Waals surface area contributed by atoms with Crippen LogP contribution in [-0.4, -0.2) is 64.1 Å². The molecule has 22 heavy (non-hydrogen) atoms. The lowest BCUT2D eigenvalue weighted by molar-refractivity contribution is -0.0913. The molecule has 0 saturated heterocycles. The summed E-state index contributed by atoms with van der Waals surface area (Å²) in [7, 11) is 0. The fourth-order valence-electron chi connectivity index (χ4n) is 1.77. The molecule has 0 spiro atoms. The van der Waals surface area contributed by atoms with Crippen LogP contribution >= 0.6 is 0 Å². The van der Waals surface area contributed by atoms with Crippen LogP contribution in [0.4, 0.5) is 0 Å². The third-order valence-electron chi connectivity index (χ3n) is 3.00. The normalized spacial score (nSPS) is 17.2. The lowest BCUT2D eigenvalue weighted by Crippen LogP contribution is -2.28. The molecule has 4 atom stereocenters. The zero-order chi connectivity index (χ0) is 16.8. The van der Waals surface area contributed by atoms with Gasteiger partial charge in [-0.1, -0.05) is 6.92 Å². The second kappa shape index (κ2) is 14.4. The minimum atomic E-state index is 0.0454. The summed E-state index contributed by atoms with van der Waals surface area (Å²) >= 11 is 0. The highest BCUT2D eigenvalue weighted by Crippen LogP contribution is 2.02. The molecular formula is C17H36O5. The van der Waals surface area contributed by atoms with Crippen LogP contribution < -0.4 is 0 Å². The maximum atomic E-state index is 5.74. The lowest BCUT2D eigenvalue weighted by Gasteiger charge is -2.21. The maximum absolute atomic E-state index is 5.74. The third-order valence-corrected chi connectivity index (χ3v) is 3.00. The molecule has 0 aromatic carbocycles. The summed E-state index contributed by atoms with van der Waals surface area (Å²) in [6, 6.07) is 0.